The van der Waals surface area contributed by atoms with Crippen LogP contribution < -0.4 is 9.47 Å². The summed E-state index contributed by atoms with van der Waals surface area (Å²) in [5.41, 5.74) is 0.0711. The van der Waals surface area contributed by atoms with Gasteiger partial charge < -0.3 is 19.3 Å². The SMILES string of the molecule is COC(=O)c1cc2c(cc1O)OCCO2. The Labute approximate surface area is 86.2 Å². The van der Waals surface area contributed by atoms with Gasteiger partial charge in [-0.1, -0.05) is 0 Å². The zero-order valence-electron chi connectivity index (χ0n) is 8.15. The second-order valence-electron chi connectivity index (χ2n) is 3.00. The Kier molecular flexibility index (Phi) is 2.37. The maximum absolute atomic E-state index is 11.2. The Hall–Kier alpha value is -1.91. The summed E-state index contributed by atoms with van der Waals surface area (Å²) in [4.78, 5) is 11.2. The molecule has 0 bridgehead atoms. The molecular weight excluding hydrogens is 200 g/mol. The Morgan fingerprint density at radius 1 is 1.33 bits per heavy atom. The molecule has 2 rings (SSSR count). The summed E-state index contributed by atoms with van der Waals surface area (Å²) < 4.78 is 15.0. The number of esters is 1. The third-order valence-electron chi connectivity index (χ3n) is 2.07. The fraction of sp³-hybridized carbons (Fsp3) is 0.300. The van der Waals surface area contributed by atoms with Gasteiger partial charge in [0.05, 0.1) is 7.11 Å². The minimum Gasteiger partial charge on any atom is -0.507 e. The van der Waals surface area contributed by atoms with Crippen LogP contribution >= 0.6 is 0 Å². The van der Waals surface area contributed by atoms with E-state index in [0.29, 0.717) is 24.7 Å². The first-order chi connectivity index (χ1) is 7.22. The molecule has 5 nitrogen and oxygen atoms in total. The van der Waals surface area contributed by atoms with Gasteiger partial charge in [-0.25, -0.2) is 4.79 Å². The lowest BCUT2D eigenvalue weighted by Gasteiger charge is -2.19. The van der Waals surface area contributed by atoms with Gasteiger partial charge >= 0.3 is 5.97 Å². The molecule has 1 aromatic rings. The fourth-order valence-electron chi connectivity index (χ4n) is 1.35. The lowest BCUT2D eigenvalue weighted by Crippen LogP contribution is -2.16. The highest BCUT2D eigenvalue weighted by Gasteiger charge is 2.19. The molecule has 0 radical (unpaired) electrons. The summed E-state index contributed by atoms with van der Waals surface area (Å²) in [5, 5.41) is 9.53. The quantitative estimate of drug-likeness (QED) is 0.699. The zero-order chi connectivity index (χ0) is 10.8. The summed E-state index contributed by atoms with van der Waals surface area (Å²) in [6, 6.07) is 2.76. The minimum atomic E-state index is -0.607. The van der Waals surface area contributed by atoms with Crippen molar-refractivity contribution >= 4 is 5.97 Å². The lowest BCUT2D eigenvalue weighted by molar-refractivity contribution is 0.0596. The van der Waals surface area contributed by atoms with E-state index in [-0.39, 0.29) is 11.3 Å². The summed E-state index contributed by atoms with van der Waals surface area (Å²) >= 11 is 0. The van der Waals surface area contributed by atoms with Crippen LogP contribution in [0.5, 0.6) is 17.2 Å². The highest BCUT2D eigenvalue weighted by Crippen LogP contribution is 2.36. The molecule has 1 heterocycles. The van der Waals surface area contributed by atoms with Gasteiger partial charge in [0.15, 0.2) is 11.5 Å². The van der Waals surface area contributed by atoms with Crippen LogP contribution in [-0.2, 0) is 4.74 Å². The van der Waals surface area contributed by atoms with E-state index >= 15 is 0 Å². The number of carbonyl (C=O) groups excluding carboxylic acids is 1. The van der Waals surface area contributed by atoms with E-state index in [1.807, 2.05) is 0 Å². The number of hydrogen-bond acceptors (Lipinski definition) is 5. The lowest BCUT2D eigenvalue weighted by atomic mass is 10.1. The molecule has 1 aliphatic rings. The highest BCUT2D eigenvalue weighted by molar-refractivity contribution is 5.93. The number of aromatic hydroxyl groups is 1. The number of hydrogen-bond donors (Lipinski definition) is 1. The molecular formula is C10H10O5. The summed E-state index contributed by atoms with van der Waals surface area (Å²) in [7, 11) is 1.25. The fourth-order valence-corrected chi connectivity index (χ4v) is 1.35. The molecule has 0 aromatic heterocycles. The third-order valence-corrected chi connectivity index (χ3v) is 2.07. The smallest absolute Gasteiger partial charge is 0.341 e. The highest BCUT2D eigenvalue weighted by atomic mass is 16.6. The molecule has 15 heavy (non-hydrogen) atoms. The van der Waals surface area contributed by atoms with E-state index in [9.17, 15) is 9.90 Å². The first-order valence-corrected chi connectivity index (χ1v) is 4.43. The van der Waals surface area contributed by atoms with E-state index in [1.165, 1.54) is 19.2 Å². The first kappa shape index (κ1) is 9.64. The van der Waals surface area contributed by atoms with Crippen molar-refractivity contribution in [2.45, 2.75) is 0 Å². The summed E-state index contributed by atoms with van der Waals surface area (Å²) in [5.74, 6) is 0.0985. The van der Waals surface area contributed by atoms with E-state index in [4.69, 9.17) is 9.47 Å². The predicted molar refractivity (Wildman–Crippen MR) is 50.4 cm³/mol. The molecule has 0 unspecified atom stereocenters. The zero-order valence-corrected chi connectivity index (χ0v) is 8.15. The number of methoxy groups -OCH3 is 1. The number of phenolic OH excluding ortho intramolecular Hbond substituents is 1. The Morgan fingerprint density at radius 2 is 1.93 bits per heavy atom. The molecule has 0 saturated heterocycles. The average Bonchev–Trinajstić information content (AvgIpc) is 2.27. The molecule has 1 aromatic carbocycles. The molecule has 1 N–H and O–H groups in total. The van der Waals surface area contributed by atoms with E-state index in [2.05, 4.69) is 4.74 Å². The molecule has 0 saturated carbocycles. The number of benzene rings is 1. The van der Waals surface area contributed by atoms with Crippen LogP contribution in [0.2, 0.25) is 0 Å². The van der Waals surface area contributed by atoms with Crippen molar-refractivity contribution < 1.29 is 24.1 Å². The Morgan fingerprint density at radius 3 is 2.53 bits per heavy atom. The molecule has 0 amide bonds. The third kappa shape index (κ3) is 1.68. The van der Waals surface area contributed by atoms with Crippen molar-refractivity contribution in [1.29, 1.82) is 0 Å². The average molecular weight is 210 g/mol. The van der Waals surface area contributed by atoms with Gasteiger partial charge in [-0.2, -0.15) is 0 Å². The number of rotatable bonds is 1. The van der Waals surface area contributed by atoms with Crippen LogP contribution in [0.25, 0.3) is 0 Å². The summed E-state index contributed by atoms with van der Waals surface area (Å²) in [6.45, 7) is 0.863. The van der Waals surface area contributed by atoms with Gasteiger partial charge in [0, 0.05) is 12.1 Å². The van der Waals surface area contributed by atoms with Crippen molar-refractivity contribution in [3.8, 4) is 17.2 Å². The Bertz CT molecular complexity index is 399. The monoisotopic (exact) mass is 210 g/mol. The molecule has 0 atom stereocenters. The second-order valence-corrected chi connectivity index (χ2v) is 3.00. The number of fused-ring (bicyclic) bond motifs is 1. The van der Waals surface area contributed by atoms with Gasteiger partial charge in [-0.05, 0) is 0 Å². The molecule has 1 aliphatic heterocycles. The van der Waals surface area contributed by atoms with E-state index < -0.39 is 5.97 Å². The van der Waals surface area contributed by atoms with Crippen LogP contribution in [-0.4, -0.2) is 31.4 Å². The van der Waals surface area contributed by atoms with Crippen molar-refractivity contribution in [2.24, 2.45) is 0 Å². The van der Waals surface area contributed by atoms with Gasteiger partial charge in [-0.3, -0.25) is 0 Å². The van der Waals surface area contributed by atoms with Crippen LogP contribution in [0, 0.1) is 0 Å². The van der Waals surface area contributed by atoms with Crippen molar-refractivity contribution in [3.05, 3.63) is 17.7 Å². The van der Waals surface area contributed by atoms with Crippen molar-refractivity contribution in [2.75, 3.05) is 20.3 Å². The van der Waals surface area contributed by atoms with Gasteiger partial charge in [0.25, 0.3) is 0 Å². The maximum Gasteiger partial charge on any atom is 0.341 e. The predicted octanol–water partition coefficient (Wildman–Crippen LogP) is 0.950. The van der Waals surface area contributed by atoms with Crippen LogP contribution in [0.3, 0.4) is 0 Å². The van der Waals surface area contributed by atoms with Gasteiger partial charge in [0.2, 0.25) is 0 Å². The largest absolute Gasteiger partial charge is 0.507 e. The number of phenols is 1. The van der Waals surface area contributed by atoms with E-state index in [0.717, 1.165) is 0 Å². The number of ether oxygens (including phenoxy) is 3. The topological polar surface area (TPSA) is 65.0 Å². The minimum absolute atomic E-state index is 0.0711. The number of carbonyl (C=O) groups is 1. The molecule has 5 heteroatoms. The molecule has 0 spiro atoms. The molecule has 80 valence electrons. The standard InChI is InChI=1S/C10H10O5/c1-13-10(12)6-4-8-9(5-7(6)11)15-3-2-14-8/h4-5,11H,2-3H2,1H3. The Balaban J connectivity index is 2.44. The van der Waals surface area contributed by atoms with Crippen molar-refractivity contribution in [1.82, 2.24) is 0 Å². The van der Waals surface area contributed by atoms with Crippen LogP contribution in [0.4, 0.5) is 0 Å². The van der Waals surface area contributed by atoms with Crippen LogP contribution in [0.15, 0.2) is 12.1 Å². The summed E-state index contributed by atoms with van der Waals surface area (Å²) in [6.07, 6.45) is 0. The van der Waals surface area contributed by atoms with Gasteiger partial charge in [0.1, 0.15) is 24.5 Å². The van der Waals surface area contributed by atoms with Crippen LogP contribution in [0.1, 0.15) is 10.4 Å². The first-order valence-electron chi connectivity index (χ1n) is 4.43. The second kappa shape index (κ2) is 3.68. The van der Waals surface area contributed by atoms with Gasteiger partial charge in [-0.15, -0.1) is 0 Å². The molecule has 0 fully saturated rings. The normalized spacial score (nSPS) is 13.4. The maximum atomic E-state index is 11.2. The van der Waals surface area contributed by atoms with Crippen molar-refractivity contribution in [3.63, 3.8) is 0 Å². The molecule has 0 aliphatic carbocycles. The van der Waals surface area contributed by atoms with E-state index in [1.54, 1.807) is 0 Å².